The normalized spacial score (nSPS) is 30.2. The fourth-order valence-electron chi connectivity index (χ4n) is 7.65. The molecule has 0 radical (unpaired) electrons. The van der Waals surface area contributed by atoms with E-state index < -0.39 is 59.5 Å². The molecule has 5 heterocycles. The second-order valence-electron chi connectivity index (χ2n) is 13.4. The number of cyclic esters (lactones) is 1. The summed E-state index contributed by atoms with van der Waals surface area (Å²) in [7, 11) is 0. The Morgan fingerprint density at radius 2 is 1.80 bits per heavy atom. The van der Waals surface area contributed by atoms with Crippen molar-refractivity contribution in [3.63, 3.8) is 0 Å². The monoisotopic (exact) mass is 668 g/mol. The van der Waals surface area contributed by atoms with Gasteiger partial charge in [0.25, 0.3) is 5.91 Å². The van der Waals surface area contributed by atoms with Gasteiger partial charge in [0.2, 0.25) is 11.8 Å². The van der Waals surface area contributed by atoms with Crippen molar-refractivity contribution in [2.24, 2.45) is 17.8 Å². The highest BCUT2D eigenvalue weighted by atomic mass is 16.6. The van der Waals surface area contributed by atoms with Crippen LogP contribution in [-0.2, 0) is 35.3 Å². The van der Waals surface area contributed by atoms with Crippen LogP contribution in [0, 0.1) is 17.8 Å². The second kappa shape index (κ2) is 13.2. The van der Waals surface area contributed by atoms with Crippen LogP contribution in [0.1, 0.15) is 38.4 Å². The number of carbonyl (C=O) groups is 4. The van der Waals surface area contributed by atoms with E-state index in [1.807, 2.05) is 80.6 Å². The number of fused-ring (bicyclic) bond motifs is 3. The molecule has 1 spiro atoms. The van der Waals surface area contributed by atoms with Crippen molar-refractivity contribution in [3.05, 3.63) is 84.5 Å². The number of nitrogens with zero attached hydrogens (tertiary/aromatic N) is 5. The van der Waals surface area contributed by atoms with Crippen LogP contribution in [0.2, 0.25) is 0 Å². The summed E-state index contributed by atoms with van der Waals surface area (Å²) in [6, 6.07) is 14.6. The highest BCUT2D eigenvalue weighted by molar-refractivity contribution is 5.99. The number of carbonyl (C=O) groups excluding carboxylic acids is 4. The fourth-order valence-corrected chi connectivity index (χ4v) is 7.65. The molecule has 3 aromatic rings. The highest BCUT2D eigenvalue weighted by Crippen LogP contribution is 2.56. The lowest BCUT2D eigenvalue weighted by Crippen LogP contribution is -2.59. The van der Waals surface area contributed by atoms with E-state index in [1.54, 1.807) is 21.7 Å². The average molecular weight is 669 g/mol. The third-order valence-corrected chi connectivity index (χ3v) is 10.1. The number of benzene rings is 2. The number of aliphatic hydroxyl groups excluding tert-OH is 1. The van der Waals surface area contributed by atoms with Crippen LogP contribution in [0.25, 0.3) is 11.0 Å². The van der Waals surface area contributed by atoms with Crippen molar-refractivity contribution in [3.8, 4) is 0 Å². The van der Waals surface area contributed by atoms with Crippen LogP contribution in [0.3, 0.4) is 0 Å². The van der Waals surface area contributed by atoms with Crippen LogP contribution in [0.4, 0.5) is 0 Å². The van der Waals surface area contributed by atoms with Gasteiger partial charge in [0.05, 0.1) is 36.7 Å². The molecule has 0 unspecified atom stereocenters. The first-order valence-electron chi connectivity index (χ1n) is 16.8. The Morgan fingerprint density at radius 3 is 2.57 bits per heavy atom. The summed E-state index contributed by atoms with van der Waals surface area (Å²) in [5, 5.41) is 22.1. The van der Waals surface area contributed by atoms with Gasteiger partial charge in [-0.25, -0.2) is 4.68 Å². The average Bonchev–Trinajstić information content (AvgIpc) is 3.85. The van der Waals surface area contributed by atoms with Gasteiger partial charge in [-0.3, -0.25) is 19.2 Å². The lowest BCUT2D eigenvalue weighted by molar-refractivity contribution is -0.161. The molecule has 2 aromatic carbocycles. The number of nitrogens with one attached hydrogen (secondary N) is 1. The molecule has 2 saturated heterocycles. The predicted molar refractivity (Wildman–Crippen MR) is 176 cm³/mol. The van der Waals surface area contributed by atoms with Gasteiger partial charge in [-0.1, -0.05) is 85.8 Å². The van der Waals surface area contributed by atoms with Gasteiger partial charge in [0.15, 0.2) is 0 Å². The summed E-state index contributed by atoms with van der Waals surface area (Å²) in [5.74, 6) is -4.09. The van der Waals surface area contributed by atoms with Gasteiger partial charge in [0, 0.05) is 13.0 Å². The molecule has 2 fully saturated rings. The van der Waals surface area contributed by atoms with E-state index in [0.29, 0.717) is 17.5 Å². The van der Waals surface area contributed by atoms with Crippen LogP contribution in [0.5, 0.6) is 0 Å². The predicted octanol–water partition coefficient (Wildman–Crippen LogP) is 2.14. The van der Waals surface area contributed by atoms with Crippen LogP contribution >= 0.6 is 0 Å². The van der Waals surface area contributed by atoms with E-state index in [-0.39, 0.29) is 44.6 Å². The van der Waals surface area contributed by atoms with Crippen molar-refractivity contribution < 1.29 is 33.8 Å². The number of amides is 3. The molecular weight excluding hydrogens is 628 g/mol. The van der Waals surface area contributed by atoms with Crippen molar-refractivity contribution >= 4 is 34.7 Å². The Labute approximate surface area is 283 Å². The summed E-state index contributed by atoms with van der Waals surface area (Å²) < 4.78 is 14.3. The first-order valence-corrected chi connectivity index (χ1v) is 16.8. The number of para-hydroxylation sites is 1. The zero-order chi connectivity index (χ0) is 34.3. The summed E-state index contributed by atoms with van der Waals surface area (Å²) in [4.78, 5) is 59.7. The number of esters is 1. The Kier molecular flexibility index (Phi) is 8.80. The Balaban J connectivity index is 1.31. The molecule has 3 amide bonds. The minimum atomic E-state index is -1.47. The van der Waals surface area contributed by atoms with Crippen molar-refractivity contribution in [1.82, 2.24) is 30.1 Å². The molecular formula is C36H40N6O7. The summed E-state index contributed by atoms with van der Waals surface area (Å²) in [6.45, 7) is 3.55. The maximum atomic E-state index is 15.0. The van der Waals surface area contributed by atoms with Gasteiger partial charge < -0.3 is 29.7 Å². The number of hydrogen-bond donors (Lipinski definition) is 2. The van der Waals surface area contributed by atoms with Crippen LogP contribution in [-0.4, -0.2) is 97.1 Å². The van der Waals surface area contributed by atoms with Crippen molar-refractivity contribution in [2.75, 3.05) is 19.7 Å². The van der Waals surface area contributed by atoms with E-state index in [4.69, 9.17) is 9.47 Å². The largest absolute Gasteiger partial charge is 0.455 e. The quantitative estimate of drug-likeness (QED) is 0.297. The maximum absolute atomic E-state index is 15.0. The number of hydrogen-bond acceptors (Lipinski definition) is 9. The Hall–Kier alpha value is -4.88. The number of aromatic nitrogens is 3. The number of rotatable bonds is 6. The second-order valence-corrected chi connectivity index (χ2v) is 13.4. The van der Waals surface area contributed by atoms with E-state index in [1.165, 1.54) is 4.90 Å². The third-order valence-electron chi connectivity index (χ3n) is 10.1. The lowest BCUT2D eigenvalue weighted by Gasteiger charge is -2.39. The van der Waals surface area contributed by atoms with E-state index in [2.05, 4.69) is 15.6 Å². The van der Waals surface area contributed by atoms with Crippen LogP contribution < -0.4 is 5.32 Å². The van der Waals surface area contributed by atoms with Crippen molar-refractivity contribution in [2.45, 2.75) is 63.3 Å². The lowest BCUT2D eigenvalue weighted by atomic mass is 9.74. The fraction of sp³-hybridized carbons (Fsp3) is 0.444. The minimum absolute atomic E-state index is 0.00624. The van der Waals surface area contributed by atoms with E-state index >= 15 is 4.79 Å². The molecule has 49 heavy (non-hydrogen) atoms. The summed E-state index contributed by atoms with van der Waals surface area (Å²) in [6.07, 6.45) is 6.10. The number of likely N-dealkylation sites (tertiary alicyclic amines) is 1. The zero-order valence-corrected chi connectivity index (χ0v) is 27.4. The number of aliphatic hydroxyl groups is 1. The molecule has 4 aliphatic heterocycles. The molecule has 256 valence electrons. The van der Waals surface area contributed by atoms with E-state index in [9.17, 15) is 19.5 Å². The minimum Gasteiger partial charge on any atom is -0.455 e. The van der Waals surface area contributed by atoms with Gasteiger partial charge in [-0.2, -0.15) is 0 Å². The van der Waals surface area contributed by atoms with Gasteiger partial charge in [0.1, 0.15) is 35.9 Å². The number of ether oxygens (including phenoxy) is 2. The first kappa shape index (κ1) is 32.7. The van der Waals surface area contributed by atoms with Gasteiger partial charge >= 0.3 is 5.97 Å². The topological polar surface area (TPSA) is 156 Å². The third kappa shape index (κ3) is 5.70. The molecule has 0 saturated carbocycles. The first-order chi connectivity index (χ1) is 23.7. The van der Waals surface area contributed by atoms with Crippen LogP contribution in [0.15, 0.2) is 78.9 Å². The zero-order valence-electron chi connectivity index (χ0n) is 27.4. The Morgan fingerprint density at radius 1 is 1.02 bits per heavy atom. The standard InChI is InChI=1S/C36H40N6O7/c1-22(2)26(20-43)42-32-34(46)40(21-41-25-14-9-8-13-24(25)38-39-41)18-10-4-7-15-29(44)37-19-28(23-11-5-3-6-12-23)48-35(47)30-27-16-17-36(32,49-27)31(30)33(42)45/h3-6,8-14,16-17,22,26-28,30-32,43H,7,15,18-21H2,1-2H3,(H,37,44)/b10-4-/t26-,27-,28-,30+,31+,32-,36+/m0/s1. The molecule has 4 aliphatic rings. The Bertz CT molecular complexity index is 1810. The smallest absolute Gasteiger partial charge is 0.313 e. The molecule has 7 rings (SSSR count). The molecule has 13 nitrogen and oxygen atoms in total. The van der Waals surface area contributed by atoms with Crippen molar-refractivity contribution in [1.29, 1.82) is 0 Å². The van der Waals surface area contributed by atoms with Gasteiger partial charge in [-0.05, 0) is 30.0 Å². The van der Waals surface area contributed by atoms with E-state index in [0.717, 1.165) is 5.52 Å². The van der Waals surface area contributed by atoms with Gasteiger partial charge in [-0.15, -0.1) is 5.10 Å². The molecule has 2 N–H and O–H groups in total. The molecule has 5 bridgehead atoms. The SMILES string of the molecule is CC(C)[C@H](CO)N1C(=O)[C@H]2[C@@H]3C(=O)O[C@H](c4ccccc4)CNC(=O)CC/C=C\CN(Cn4nnc5ccccc54)C(=O)[C@H]1[C@@]21C=C[C@@H]3O1. The molecule has 13 heteroatoms. The highest BCUT2D eigenvalue weighted by Gasteiger charge is 2.74. The maximum Gasteiger partial charge on any atom is 0.313 e. The summed E-state index contributed by atoms with van der Waals surface area (Å²) in [5.41, 5.74) is 0.599. The molecule has 0 aliphatic carbocycles. The molecule has 1 aromatic heterocycles. The molecule has 7 atom stereocenters. The number of allylic oxidation sites excluding steroid dienone is 1. The summed E-state index contributed by atoms with van der Waals surface area (Å²) >= 11 is 0.